The maximum absolute atomic E-state index is 13.5. The molecule has 0 aliphatic rings. The zero-order chi connectivity index (χ0) is 14.5. The van der Waals surface area contributed by atoms with Gasteiger partial charge in [0.25, 0.3) is 0 Å². The summed E-state index contributed by atoms with van der Waals surface area (Å²) in [5.74, 6) is -1.57. The Labute approximate surface area is 117 Å². The molecule has 0 aliphatic carbocycles. The molecule has 106 valence electrons. The second kappa shape index (κ2) is 6.48. The molecular weight excluding hydrogens is 260 g/mol. The second-order valence-electron chi connectivity index (χ2n) is 4.67. The zero-order valence-electron chi connectivity index (χ0n) is 11.3. The Morgan fingerprint density at radius 3 is 2.45 bits per heavy atom. The van der Waals surface area contributed by atoms with Crippen molar-refractivity contribution < 1.29 is 13.5 Å². The van der Waals surface area contributed by atoms with E-state index < -0.39 is 11.6 Å². The number of halogens is 2. The molecule has 2 aromatic rings. The third-order valence-corrected chi connectivity index (χ3v) is 3.09. The molecule has 0 aromatic heterocycles. The molecule has 0 bridgehead atoms. The molecule has 0 amide bonds. The van der Waals surface area contributed by atoms with Gasteiger partial charge in [0, 0.05) is 6.04 Å². The average Bonchev–Trinajstić information content (AvgIpc) is 2.46. The molecule has 0 saturated heterocycles. The summed E-state index contributed by atoms with van der Waals surface area (Å²) in [5.41, 5.74) is 6.97. The largest absolute Gasteiger partial charge is 0.454 e. The summed E-state index contributed by atoms with van der Waals surface area (Å²) in [7, 11) is 0. The third kappa shape index (κ3) is 3.54. The standard InChI is InChI=1S/C16H17F2NO/c1-2-12(19)10-11-6-8-13(9-7-11)20-15-5-3-4-14(17)16(15)18/h3-9,12H,2,10,19H2,1H3. The topological polar surface area (TPSA) is 35.2 Å². The molecule has 0 radical (unpaired) electrons. The van der Waals surface area contributed by atoms with E-state index in [0.29, 0.717) is 5.75 Å². The predicted octanol–water partition coefficient (Wildman–Crippen LogP) is 4.04. The van der Waals surface area contributed by atoms with Crippen LogP contribution in [0.3, 0.4) is 0 Å². The first-order valence-corrected chi connectivity index (χ1v) is 6.56. The minimum atomic E-state index is -0.982. The van der Waals surface area contributed by atoms with Gasteiger partial charge in [-0.05, 0) is 42.7 Å². The minimum absolute atomic E-state index is 0.122. The normalized spacial score (nSPS) is 12.2. The van der Waals surface area contributed by atoms with Gasteiger partial charge < -0.3 is 10.5 Å². The van der Waals surface area contributed by atoms with Gasteiger partial charge in [-0.25, -0.2) is 4.39 Å². The smallest absolute Gasteiger partial charge is 0.201 e. The molecular formula is C16H17F2NO. The van der Waals surface area contributed by atoms with E-state index in [-0.39, 0.29) is 11.8 Å². The van der Waals surface area contributed by atoms with Crippen LogP contribution in [0.1, 0.15) is 18.9 Å². The van der Waals surface area contributed by atoms with Crippen molar-refractivity contribution in [2.24, 2.45) is 5.73 Å². The number of ether oxygens (including phenoxy) is 1. The monoisotopic (exact) mass is 277 g/mol. The summed E-state index contributed by atoms with van der Waals surface area (Å²) < 4.78 is 31.9. The lowest BCUT2D eigenvalue weighted by atomic mass is 10.0. The van der Waals surface area contributed by atoms with E-state index in [2.05, 4.69) is 0 Å². The summed E-state index contributed by atoms with van der Waals surface area (Å²) >= 11 is 0. The van der Waals surface area contributed by atoms with Crippen LogP contribution in [0.25, 0.3) is 0 Å². The van der Waals surface area contributed by atoms with Crippen molar-refractivity contribution in [3.05, 3.63) is 59.7 Å². The molecule has 0 spiro atoms. The molecule has 0 aliphatic heterocycles. The van der Waals surface area contributed by atoms with E-state index in [1.54, 1.807) is 12.1 Å². The fraction of sp³-hybridized carbons (Fsp3) is 0.250. The van der Waals surface area contributed by atoms with Crippen LogP contribution in [-0.4, -0.2) is 6.04 Å². The fourth-order valence-electron chi connectivity index (χ4n) is 1.83. The zero-order valence-corrected chi connectivity index (χ0v) is 11.3. The Morgan fingerprint density at radius 1 is 1.10 bits per heavy atom. The second-order valence-corrected chi connectivity index (χ2v) is 4.67. The van der Waals surface area contributed by atoms with E-state index in [1.807, 2.05) is 19.1 Å². The van der Waals surface area contributed by atoms with Gasteiger partial charge in [-0.15, -0.1) is 0 Å². The van der Waals surface area contributed by atoms with Gasteiger partial charge >= 0.3 is 0 Å². The van der Waals surface area contributed by atoms with Gasteiger partial charge in [0.05, 0.1) is 0 Å². The van der Waals surface area contributed by atoms with Crippen molar-refractivity contribution in [3.63, 3.8) is 0 Å². The molecule has 2 rings (SSSR count). The van der Waals surface area contributed by atoms with E-state index in [9.17, 15) is 8.78 Å². The Hall–Kier alpha value is -1.94. The van der Waals surface area contributed by atoms with E-state index >= 15 is 0 Å². The third-order valence-electron chi connectivity index (χ3n) is 3.09. The van der Waals surface area contributed by atoms with E-state index in [0.717, 1.165) is 24.5 Å². The highest BCUT2D eigenvalue weighted by Gasteiger charge is 2.09. The molecule has 1 atom stereocenters. The van der Waals surface area contributed by atoms with Crippen LogP contribution in [0.2, 0.25) is 0 Å². The Bertz CT molecular complexity index is 569. The Morgan fingerprint density at radius 2 is 1.80 bits per heavy atom. The summed E-state index contributed by atoms with van der Waals surface area (Å²) in [6.07, 6.45) is 1.69. The van der Waals surface area contributed by atoms with E-state index in [4.69, 9.17) is 10.5 Å². The van der Waals surface area contributed by atoms with Crippen LogP contribution in [0, 0.1) is 11.6 Å². The molecule has 2 nitrogen and oxygen atoms in total. The highest BCUT2D eigenvalue weighted by atomic mass is 19.2. The van der Waals surface area contributed by atoms with Crippen LogP contribution in [0.5, 0.6) is 11.5 Å². The number of hydrogen-bond acceptors (Lipinski definition) is 2. The highest BCUT2D eigenvalue weighted by Crippen LogP contribution is 2.26. The summed E-state index contributed by atoms with van der Waals surface area (Å²) in [6.45, 7) is 2.04. The van der Waals surface area contributed by atoms with Crippen LogP contribution in [0.15, 0.2) is 42.5 Å². The van der Waals surface area contributed by atoms with Crippen molar-refractivity contribution >= 4 is 0 Å². The van der Waals surface area contributed by atoms with Crippen LogP contribution in [0.4, 0.5) is 8.78 Å². The predicted molar refractivity (Wildman–Crippen MR) is 74.8 cm³/mol. The molecule has 2 N–H and O–H groups in total. The number of hydrogen-bond donors (Lipinski definition) is 1. The van der Waals surface area contributed by atoms with E-state index in [1.165, 1.54) is 12.1 Å². The molecule has 4 heteroatoms. The molecule has 0 heterocycles. The first-order valence-electron chi connectivity index (χ1n) is 6.56. The maximum atomic E-state index is 13.5. The van der Waals surface area contributed by atoms with Gasteiger partial charge in [-0.1, -0.05) is 25.1 Å². The van der Waals surface area contributed by atoms with Crippen molar-refractivity contribution in [3.8, 4) is 11.5 Å². The maximum Gasteiger partial charge on any atom is 0.201 e. The Kier molecular flexibility index (Phi) is 4.69. The van der Waals surface area contributed by atoms with Crippen LogP contribution < -0.4 is 10.5 Å². The number of benzene rings is 2. The van der Waals surface area contributed by atoms with Crippen molar-refractivity contribution in [2.75, 3.05) is 0 Å². The quantitative estimate of drug-likeness (QED) is 0.895. The first-order chi connectivity index (χ1) is 9.60. The lowest BCUT2D eigenvalue weighted by Gasteiger charge is -2.10. The van der Waals surface area contributed by atoms with Gasteiger partial charge in [0.15, 0.2) is 11.6 Å². The molecule has 0 saturated carbocycles. The van der Waals surface area contributed by atoms with Gasteiger partial charge in [-0.3, -0.25) is 0 Å². The molecule has 20 heavy (non-hydrogen) atoms. The number of nitrogens with two attached hydrogens (primary N) is 1. The van der Waals surface area contributed by atoms with Crippen molar-refractivity contribution in [1.82, 2.24) is 0 Å². The van der Waals surface area contributed by atoms with Crippen molar-refractivity contribution in [2.45, 2.75) is 25.8 Å². The summed E-state index contributed by atoms with van der Waals surface area (Å²) in [6, 6.07) is 11.2. The number of rotatable bonds is 5. The van der Waals surface area contributed by atoms with Crippen LogP contribution >= 0.6 is 0 Å². The highest BCUT2D eigenvalue weighted by molar-refractivity contribution is 5.34. The first kappa shape index (κ1) is 14.5. The molecule has 0 fully saturated rings. The van der Waals surface area contributed by atoms with Gasteiger partial charge in [0.1, 0.15) is 5.75 Å². The lowest BCUT2D eigenvalue weighted by molar-refractivity contribution is 0.416. The lowest BCUT2D eigenvalue weighted by Crippen LogP contribution is -2.21. The summed E-state index contributed by atoms with van der Waals surface area (Å²) in [4.78, 5) is 0. The van der Waals surface area contributed by atoms with Crippen LogP contribution in [-0.2, 0) is 6.42 Å². The minimum Gasteiger partial charge on any atom is -0.454 e. The van der Waals surface area contributed by atoms with Crippen molar-refractivity contribution in [1.29, 1.82) is 0 Å². The van der Waals surface area contributed by atoms with Gasteiger partial charge in [-0.2, -0.15) is 4.39 Å². The van der Waals surface area contributed by atoms with Gasteiger partial charge in [0.2, 0.25) is 5.82 Å². The molecule has 2 aromatic carbocycles. The fourth-order valence-corrected chi connectivity index (χ4v) is 1.83. The molecule has 1 unspecified atom stereocenters. The summed E-state index contributed by atoms with van der Waals surface area (Å²) in [5, 5.41) is 0. The Balaban J connectivity index is 2.09. The average molecular weight is 277 g/mol. The SMILES string of the molecule is CCC(N)Cc1ccc(Oc2cccc(F)c2F)cc1.